The van der Waals surface area contributed by atoms with Crippen molar-refractivity contribution in [2.45, 2.75) is 18.9 Å². The second-order valence-electron chi connectivity index (χ2n) is 4.24. The van der Waals surface area contributed by atoms with Gasteiger partial charge in [0.15, 0.2) is 0 Å². The predicted octanol–water partition coefficient (Wildman–Crippen LogP) is 0.757. The van der Waals surface area contributed by atoms with Crippen LogP contribution in [0.25, 0.3) is 0 Å². The summed E-state index contributed by atoms with van der Waals surface area (Å²) in [6.07, 6.45) is 2.21. The molecule has 0 aromatic heterocycles. The first-order valence-corrected chi connectivity index (χ1v) is 6.62. The van der Waals surface area contributed by atoms with E-state index < -0.39 is 5.97 Å². The van der Waals surface area contributed by atoms with Gasteiger partial charge in [0.05, 0.1) is 0 Å². The van der Waals surface area contributed by atoms with E-state index in [4.69, 9.17) is 5.11 Å². The van der Waals surface area contributed by atoms with Crippen molar-refractivity contribution >= 4 is 33.1 Å². The first-order chi connectivity index (χ1) is 8.00. The Morgan fingerprint density at radius 3 is 2.53 bits per heavy atom. The fraction of sp³-hybridized carbons (Fsp3) is 0.333. The zero-order chi connectivity index (χ0) is 12.6. The molecule has 17 heavy (non-hydrogen) atoms. The number of aromatic carboxylic acids is 1. The van der Waals surface area contributed by atoms with Crippen LogP contribution in [0.15, 0.2) is 18.2 Å². The Balaban J connectivity index is 2.46. The summed E-state index contributed by atoms with van der Waals surface area (Å²) < 4.78 is 0.0249. The molecule has 1 aliphatic carbocycles. The molecule has 4 nitrogen and oxygen atoms in total. The van der Waals surface area contributed by atoms with Crippen molar-refractivity contribution in [3.05, 3.63) is 29.3 Å². The molecule has 5 heteroatoms. The van der Waals surface area contributed by atoms with Gasteiger partial charge in [-0.3, -0.25) is 0 Å². The predicted molar refractivity (Wildman–Crippen MR) is 67.7 cm³/mol. The third-order valence-electron chi connectivity index (χ3n) is 2.98. The Hall–Kier alpha value is -1.28. The van der Waals surface area contributed by atoms with E-state index in [0.29, 0.717) is 11.6 Å². The summed E-state index contributed by atoms with van der Waals surface area (Å²) in [5, 5.41) is 8.98. The molecule has 1 unspecified atom stereocenters. The van der Waals surface area contributed by atoms with Crippen LogP contribution >= 0.6 is 0 Å². The van der Waals surface area contributed by atoms with Crippen molar-refractivity contribution in [2.75, 3.05) is 11.9 Å². The minimum absolute atomic E-state index is 0.0249. The molecule has 0 amide bonds. The van der Waals surface area contributed by atoms with Crippen molar-refractivity contribution in [1.29, 1.82) is 0 Å². The number of hydrogen-bond acceptors (Lipinski definition) is 3. The topological polar surface area (TPSA) is 57.6 Å². The van der Waals surface area contributed by atoms with E-state index in [1.165, 1.54) is 6.07 Å². The third kappa shape index (κ3) is 2.52. The van der Waals surface area contributed by atoms with Gasteiger partial charge in [-0.25, -0.2) is 0 Å². The molecule has 1 aromatic rings. The SMILES string of the molecule is CN(c1cc(C(=O)O)ccc1C(=O)[AsH2])C1CC1. The van der Waals surface area contributed by atoms with E-state index in [0.717, 1.165) is 35.4 Å². The molecule has 0 radical (unpaired) electrons. The first-order valence-electron chi connectivity index (χ1n) is 5.40. The molecule has 1 fully saturated rings. The van der Waals surface area contributed by atoms with Crippen LogP contribution in [0.5, 0.6) is 0 Å². The van der Waals surface area contributed by atoms with Crippen molar-refractivity contribution in [1.82, 2.24) is 0 Å². The van der Waals surface area contributed by atoms with Gasteiger partial charge in [-0.05, 0) is 0 Å². The van der Waals surface area contributed by atoms with Crippen LogP contribution in [0.3, 0.4) is 0 Å². The zero-order valence-electron chi connectivity index (χ0n) is 9.51. The van der Waals surface area contributed by atoms with Gasteiger partial charge in [-0.1, -0.05) is 0 Å². The Kier molecular flexibility index (Phi) is 3.25. The van der Waals surface area contributed by atoms with Crippen molar-refractivity contribution in [2.24, 2.45) is 0 Å². The maximum absolute atomic E-state index is 11.5. The van der Waals surface area contributed by atoms with Gasteiger partial charge in [0, 0.05) is 0 Å². The Labute approximate surface area is 108 Å². The van der Waals surface area contributed by atoms with Gasteiger partial charge in [-0.2, -0.15) is 0 Å². The molecule has 1 aliphatic rings. The number of benzene rings is 1. The van der Waals surface area contributed by atoms with Gasteiger partial charge in [0.25, 0.3) is 0 Å². The number of rotatable bonds is 4. The molecule has 1 aromatic carbocycles. The van der Waals surface area contributed by atoms with Gasteiger partial charge in [0.1, 0.15) is 0 Å². The van der Waals surface area contributed by atoms with Crippen molar-refractivity contribution in [3.8, 4) is 0 Å². The normalized spacial score (nSPS) is 14.5. The summed E-state index contributed by atoms with van der Waals surface area (Å²) in [5.74, 6) is -0.962. The summed E-state index contributed by atoms with van der Waals surface area (Å²) in [7, 11) is 1.91. The minimum atomic E-state index is -0.962. The molecule has 1 atom stereocenters. The third-order valence-corrected chi connectivity index (χ3v) is 3.64. The van der Waals surface area contributed by atoms with E-state index >= 15 is 0 Å². The Bertz CT molecular complexity index is 483. The molecule has 0 heterocycles. The summed E-state index contributed by atoms with van der Waals surface area (Å²) in [5.41, 5.74) is 1.58. The fourth-order valence-electron chi connectivity index (χ4n) is 1.82. The monoisotopic (exact) mass is 295 g/mol. The van der Waals surface area contributed by atoms with Gasteiger partial charge in [0.2, 0.25) is 0 Å². The van der Waals surface area contributed by atoms with Crippen LogP contribution in [0.4, 0.5) is 5.69 Å². The summed E-state index contributed by atoms with van der Waals surface area (Å²) in [6, 6.07) is 5.14. The number of carbonyl (C=O) groups excluding carboxylic acids is 1. The summed E-state index contributed by atoms with van der Waals surface area (Å²) >= 11 is 1.03. The number of carboxylic acids is 1. The second kappa shape index (κ2) is 4.53. The van der Waals surface area contributed by atoms with E-state index in [1.54, 1.807) is 12.1 Å². The van der Waals surface area contributed by atoms with E-state index in [9.17, 15) is 9.59 Å². The van der Waals surface area contributed by atoms with Crippen LogP contribution in [0, 0.1) is 0 Å². The summed E-state index contributed by atoms with van der Waals surface area (Å²) in [4.78, 5) is 24.5. The van der Waals surface area contributed by atoms with Crippen LogP contribution < -0.4 is 4.90 Å². The van der Waals surface area contributed by atoms with Crippen molar-refractivity contribution < 1.29 is 14.7 Å². The van der Waals surface area contributed by atoms with Crippen LogP contribution in [0.2, 0.25) is 0 Å². The molecule has 0 saturated heterocycles. The van der Waals surface area contributed by atoms with Crippen molar-refractivity contribution in [3.63, 3.8) is 0 Å². The van der Waals surface area contributed by atoms with Crippen LogP contribution in [-0.2, 0) is 0 Å². The number of anilines is 1. The molecule has 0 bridgehead atoms. The second-order valence-corrected chi connectivity index (χ2v) is 5.34. The van der Waals surface area contributed by atoms with Gasteiger partial charge in [-0.15, -0.1) is 0 Å². The number of nitrogens with zero attached hydrogens (tertiary/aromatic N) is 1. The molecular weight excluding hydrogens is 281 g/mol. The quantitative estimate of drug-likeness (QED) is 0.833. The number of carbonyl (C=O) groups is 2. The molecule has 1 N–H and O–H groups in total. The Morgan fingerprint density at radius 2 is 2.06 bits per heavy atom. The Morgan fingerprint density at radius 1 is 1.41 bits per heavy atom. The number of carboxylic acid groups (broad SMARTS) is 1. The molecule has 2 rings (SSSR count). The molecule has 0 spiro atoms. The standard InChI is InChI=1S/C12H14AsNO3/c1-14(8-3-4-8)10-6-7(12(16)17)2-5-9(10)11(13)15/h2,5-6,8H,3-4,13H2,1H3,(H,16,17). The molecular formula is C12H14AsNO3. The summed E-state index contributed by atoms with van der Waals surface area (Å²) in [6.45, 7) is 0. The average Bonchev–Trinajstić information content (AvgIpc) is 3.10. The van der Waals surface area contributed by atoms with Crippen LogP contribution in [0.1, 0.15) is 33.6 Å². The molecule has 1 saturated carbocycles. The average molecular weight is 295 g/mol. The first kappa shape index (κ1) is 12.2. The van der Waals surface area contributed by atoms with Gasteiger partial charge >= 0.3 is 108 Å². The van der Waals surface area contributed by atoms with Gasteiger partial charge < -0.3 is 0 Å². The van der Waals surface area contributed by atoms with E-state index in [2.05, 4.69) is 0 Å². The fourth-order valence-corrected chi connectivity index (χ4v) is 2.34. The maximum atomic E-state index is 11.5. The zero-order valence-corrected chi connectivity index (χ0v) is 11.9. The van der Waals surface area contributed by atoms with E-state index in [-0.39, 0.29) is 10.1 Å². The van der Waals surface area contributed by atoms with Crippen LogP contribution in [-0.4, -0.2) is 45.6 Å². The molecule has 0 aliphatic heterocycles. The number of hydrogen-bond donors (Lipinski definition) is 1. The molecule has 90 valence electrons. The van der Waals surface area contributed by atoms with E-state index in [1.807, 2.05) is 11.9 Å².